The minimum absolute atomic E-state index is 0.413. The van der Waals surface area contributed by atoms with Gasteiger partial charge < -0.3 is 9.13 Å². The fourth-order valence-corrected chi connectivity index (χ4v) is 14.4. The van der Waals surface area contributed by atoms with E-state index in [9.17, 15) is 11.8 Å². The van der Waals surface area contributed by atoms with Crippen molar-refractivity contribution in [3.63, 3.8) is 0 Å². The lowest BCUT2D eigenvalue weighted by Gasteiger charge is -2.26. The SMILES string of the molecule is [C-]#[N+]c1c(-c2ccccc2)c(C#N)c(-n2c3c(ccc4c5ccccc5sc43)c3cc(-c4ccccc4)c4c5ccccc5sc4c32)c(-c2ccccc2)c1-n1c2ccccc2c2cc(-c3ccccc3)ccc21. The van der Waals surface area contributed by atoms with Crippen LogP contribution in [0.1, 0.15) is 5.56 Å². The van der Waals surface area contributed by atoms with E-state index in [0.29, 0.717) is 16.8 Å². The highest BCUT2D eigenvalue weighted by Gasteiger charge is 2.33. The molecule has 0 saturated carbocycles. The van der Waals surface area contributed by atoms with E-state index in [1.165, 1.54) is 31.1 Å². The molecule has 0 saturated heterocycles. The van der Waals surface area contributed by atoms with Crippen molar-refractivity contribution in [2.75, 3.05) is 0 Å². The second-order valence-electron chi connectivity index (χ2n) is 18.8. The Balaban J connectivity index is 1.23. The van der Waals surface area contributed by atoms with Crippen molar-refractivity contribution in [3.8, 4) is 62.0 Å². The molecule has 11 aromatic carbocycles. The Morgan fingerprint density at radius 2 is 0.932 bits per heavy atom. The van der Waals surface area contributed by atoms with Gasteiger partial charge in [-0.25, -0.2) is 4.85 Å². The van der Waals surface area contributed by atoms with Crippen LogP contribution in [-0.4, -0.2) is 9.13 Å². The highest BCUT2D eigenvalue weighted by molar-refractivity contribution is 7.27. The Hall–Kier alpha value is -9.56. The molecule has 74 heavy (non-hydrogen) atoms. The molecule has 0 fully saturated rings. The topological polar surface area (TPSA) is 38.0 Å². The van der Waals surface area contributed by atoms with E-state index in [4.69, 9.17) is 0 Å². The molecule has 0 N–H and O–H groups in total. The third-order valence-corrected chi connectivity index (χ3v) is 17.3. The third kappa shape index (κ3) is 6.05. The molecule has 4 aromatic heterocycles. The van der Waals surface area contributed by atoms with E-state index in [1.807, 2.05) is 47.7 Å². The second kappa shape index (κ2) is 16.5. The average Bonchev–Trinajstić information content (AvgIpc) is 4.25. The standard InChI is InChI=1S/C68H38N4S2/c1-70-62-59(43-24-10-4-11-25-43)54(40-69)63(60(44-26-12-5-13-27-44)66(62)71-55-31-17-14-28-46(55)52-38-45(34-37-56(52)71)41-20-6-2-7-21-41)72-64-48(35-36-49-47-29-15-18-32-57(47)73-67(49)64)53-39-51(42-22-8-3-9-23-42)61-50-30-16-19-33-58(50)74-68(61)65(53)72/h2-39H. The summed E-state index contributed by atoms with van der Waals surface area (Å²) in [5.41, 5.74) is 14.0. The number of hydrogen-bond acceptors (Lipinski definition) is 3. The number of nitriles is 1. The molecule has 4 nitrogen and oxygen atoms in total. The van der Waals surface area contributed by atoms with E-state index < -0.39 is 0 Å². The summed E-state index contributed by atoms with van der Waals surface area (Å²) in [5, 5.41) is 21.4. The summed E-state index contributed by atoms with van der Waals surface area (Å²) in [6.07, 6.45) is 0. The lowest BCUT2D eigenvalue weighted by molar-refractivity contribution is 1.14. The van der Waals surface area contributed by atoms with Crippen molar-refractivity contribution >= 4 is 112 Å². The van der Waals surface area contributed by atoms with Gasteiger partial charge in [0.2, 0.25) is 5.69 Å². The van der Waals surface area contributed by atoms with Gasteiger partial charge in [-0.3, -0.25) is 0 Å². The Bertz CT molecular complexity index is 4890. The van der Waals surface area contributed by atoms with Crippen molar-refractivity contribution < 1.29 is 0 Å². The maximum Gasteiger partial charge on any atom is 0.220 e. The van der Waals surface area contributed by atoms with Crippen LogP contribution in [-0.2, 0) is 0 Å². The number of benzene rings is 11. The average molecular weight is 975 g/mol. The van der Waals surface area contributed by atoms with Crippen LogP contribution >= 0.6 is 22.7 Å². The molecule has 0 bridgehead atoms. The van der Waals surface area contributed by atoms with Crippen molar-refractivity contribution in [2.45, 2.75) is 0 Å². The monoisotopic (exact) mass is 974 g/mol. The molecule has 4 heterocycles. The summed E-state index contributed by atoms with van der Waals surface area (Å²) >= 11 is 3.61. The molecule has 6 heteroatoms. The minimum Gasteiger partial charge on any atom is -0.318 e. The number of thiophene rings is 2. The molecule has 0 radical (unpaired) electrons. The molecule has 15 aromatic rings. The Morgan fingerprint density at radius 3 is 1.62 bits per heavy atom. The Labute approximate surface area is 433 Å². The summed E-state index contributed by atoms with van der Waals surface area (Å²) in [7, 11) is 0. The second-order valence-corrected chi connectivity index (χ2v) is 20.9. The molecule has 342 valence electrons. The van der Waals surface area contributed by atoms with Gasteiger partial charge in [0.05, 0.1) is 55.0 Å². The number of nitrogens with zero attached hydrogens (tertiary/aromatic N) is 4. The molecule has 0 aliphatic heterocycles. The van der Waals surface area contributed by atoms with Gasteiger partial charge in [-0.2, -0.15) is 5.26 Å². The van der Waals surface area contributed by atoms with E-state index in [1.54, 1.807) is 11.3 Å². The Kier molecular flexibility index (Phi) is 9.40. The van der Waals surface area contributed by atoms with Crippen LogP contribution in [0.3, 0.4) is 0 Å². The first-order valence-corrected chi connectivity index (χ1v) is 26.3. The number of rotatable bonds is 6. The van der Waals surface area contributed by atoms with Crippen LogP contribution < -0.4 is 0 Å². The molecular formula is C68H38N4S2. The van der Waals surface area contributed by atoms with Crippen LogP contribution in [0.15, 0.2) is 231 Å². The predicted octanol–water partition coefficient (Wildman–Crippen LogP) is 19.7. The summed E-state index contributed by atoms with van der Waals surface area (Å²) in [4.78, 5) is 4.60. The van der Waals surface area contributed by atoms with Crippen LogP contribution in [0.5, 0.6) is 0 Å². The van der Waals surface area contributed by atoms with Crippen LogP contribution in [0.2, 0.25) is 0 Å². The van der Waals surface area contributed by atoms with Crippen LogP contribution in [0.25, 0.3) is 145 Å². The maximum absolute atomic E-state index is 12.3. The summed E-state index contributed by atoms with van der Waals surface area (Å²) in [5.74, 6) is 0. The van der Waals surface area contributed by atoms with Gasteiger partial charge >= 0.3 is 0 Å². The first-order chi connectivity index (χ1) is 36.7. The lowest BCUT2D eigenvalue weighted by atomic mass is 9.88. The number of fused-ring (bicyclic) bond motifs is 14. The van der Waals surface area contributed by atoms with Crippen LogP contribution in [0.4, 0.5) is 5.69 Å². The third-order valence-electron chi connectivity index (χ3n) is 15.0. The maximum atomic E-state index is 12.3. The molecular weight excluding hydrogens is 937 g/mol. The van der Waals surface area contributed by atoms with Crippen molar-refractivity contribution in [3.05, 3.63) is 248 Å². The van der Waals surface area contributed by atoms with Crippen LogP contribution in [0, 0.1) is 17.9 Å². The van der Waals surface area contributed by atoms with Gasteiger partial charge in [0.25, 0.3) is 0 Å². The fourth-order valence-electron chi connectivity index (χ4n) is 11.9. The largest absolute Gasteiger partial charge is 0.318 e. The summed E-state index contributed by atoms with van der Waals surface area (Å²) in [6, 6.07) is 84.4. The predicted molar refractivity (Wildman–Crippen MR) is 314 cm³/mol. The lowest BCUT2D eigenvalue weighted by Crippen LogP contribution is -2.09. The van der Waals surface area contributed by atoms with E-state index in [2.05, 4.69) is 214 Å². The van der Waals surface area contributed by atoms with Crippen molar-refractivity contribution in [2.24, 2.45) is 0 Å². The van der Waals surface area contributed by atoms with E-state index >= 15 is 0 Å². The molecule has 0 aliphatic rings. The highest BCUT2D eigenvalue weighted by atomic mass is 32.1. The molecule has 0 atom stereocenters. The smallest absolute Gasteiger partial charge is 0.220 e. The van der Waals surface area contributed by atoms with E-state index in [0.717, 1.165) is 103 Å². The first-order valence-electron chi connectivity index (χ1n) is 24.7. The van der Waals surface area contributed by atoms with Crippen molar-refractivity contribution in [1.29, 1.82) is 5.26 Å². The number of hydrogen-bond donors (Lipinski definition) is 0. The summed E-state index contributed by atoms with van der Waals surface area (Å²) < 4.78 is 9.44. The zero-order valence-electron chi connectivity index (χ0n) is 39.5. The Morgan fingerprint density at radius 1 is 0.392 bits per heavy atom. The molecule has 15 rings (SSSR count). The summed E-state index contributed by atoms with van der Waals surface area (Å²) in [6.45, 7) is 9.42. The van der Waals surface area contributed by atoms with Gasteiger partial charge in [0, 0.05) is 63.6 Å². The molecule has 0 spiro atoms. The number of para-hydroxylation sites is 1. The number of aromatic nitrogens is 2. The molecule has 0 amide bonds. The van der Waals surface area contributed by atoms with Gasteiger partial charge in [-0.1, -0.05) is 194 Å². The molecule has 0 unspecified atom stereocenters. The zero-order valence-corrected chi connectivity index (χ0v) is 41.2. The van der Waals surface area contributed by atoms with Gasteiger partial charge in [-0.05, 0) is 69.8 Å². The molecule has 0 aliphatic carbocycles. The minimum atomic E-state index is 0.413. The van der Waals surface area contributed by atoms with E-state index in [-0.39, 0.29) is 0 Å². The normalized spacial score (nSPS) is 11.8. The quantitative estimate of drug-likeness (QED) is 0.153. The van der Waals surface area contributed by atoms with Gasteiger partial charge in [-0.15, -0.1) is 22.7 Å². The first kappa shape index (κ1) is 42.2. The highest BCUT2D eigenvalue weighted by Crippen LogP contribution is 2.55. The van der Waals surface area contributed by atoms with Gasteiger partial charge in [0.15, 0.2) is 0 Å². The van der Waals surface area contributed by atoms with Gasteiger partial charge in [0.1, 0.15) is 6.07 Å². The zero-order chi connectivity index (χ0) is 49.0. The fraction of sp³-hybridized carbons (Fsp3) is 0. The van der Waals surface area contributed by atoms with Crippen molar-refractivity contribution in [1.82, 2.24) is 9.13 Å².